The molecule has 1 aromatic heterocycles. The first kappa shape index (κ1) is 10.7. The van der Waals surface area contributed by atoms with Crippen molar-refractivity contribution in [1.82, 2.24) is 5.16 Å². The van der Waals surface area contributed by atoms with Crippen LogP contribution in [-0.4, -0.2) is 10.1 Å². The number of hydrogen-bond acceptors (Lipinski definition) is 5. The molecule has 0 saturated heterocycles. The molecule has 82 valence electrons. The fourth-order valence-corrected chi connectivity index (χ4v) is 1.50. The lowest BCUT2D eigenvalue weighted by atomic mass is 10.1. The summed E-state index contributed by atoms with van der Waals surface area (Å²) in [5, 5.41) is 14.5. The Morgan fingerprint density at radius 3 is 2.81 bits per heavy atom. The summed E-state index contributed by atoms with van der Waals surface area (Å²) < 4.78 is 5.03. The fraction of sp³-hybridized carbons (Fsp3) is 0.100. The molecule has 0 aliphatic rings. The Hall–Kier alpha value is -1.82. The van der Waals surface area contributed by atoms with Crippen LogP contribution in [0.3, 0.4) is 0 Å². The zero-order valence-electron chi connectivity index (χ0n) is 8.16. The predicted molar refractivity (Wildman–Crippen MR) is 61.3 cm³/mol. The molecule has 0 N–H and O–H groups in total. The largest absolute Gasteiger partial charge is 0.356 e. The van der Waals surface area contributed by atoms with Crippen molar-refractivity contribution in [2.75, 3.05) is 0 Å². The van der Waals surface area contributed by atoms with Gasteiger partial charge in [0, 0.05) is 17.9 Å². The minimum atomic E-state index is -0.446. The zero-order chi connectivity index (χ0) is 11.5. The third kappa shape index (κ3) is 1.92. The van der Waals surface area contributed by atoms with Crippen LogP contribution >= 0.6 is 12.6 Å². The van der Waals surface area contributed by atoms with E-state index >= 15 is 0 Å². The Kier molecular flexibility index (Phi) is 2.91. The Labute approximate surface area is 96.6 Å². The van der Waals surface area contributed by atoms with Crippen LogP contribution in [-0.2, 0) is 5.75 Å². The number of nitro groups is 1. The Morgan fingerprint density at radius 2 is 2.19 bits per heavy atom. The molecule has 5 nitrogen and oxygen atoms in total. The molecule has 0 unspecified atom stereocenters. The van der Waals surface area contributed by atoms with Crippen molar-refractivity contribution in [1.29, 1.82) is 0 Å². The van der Waals surface area contributed by atoms with Gasteiger partial charge >= 0.3 is 0 Å². The van der Waals surface area contributed by atoms with Gasteiger partial charge in [-0.3, -0.25) is 10.1 Å². The summed E-state index contributed by atoms with van der Waals surface area (Å²) in [5.74, 6) is 0.820. The summed E-state index contributed by atoms with van der Waals surface area (Å²) in [5.41, 5.74) is 1.08. The minimum absolute atomic E-state index is 0.00404. The first-order chi connectivity index (χ1) is 7.72. The zero-order valence-corrected chi connectivity index (χ0v) is 9.05. The maximum Gasteiger partial charge on any atom is 0.280 e. The highest BCUT2D eigenvalue weighted by Gasteiger charge is 2.17. The highest BCUT2D eigenvalue weighted by atomic mass is 32.1. The number of nitrogens with zero attached hydrogens (tertiary/aromatic N) is 2. The van der Waals surface area contributed by atoms with Crippen LogP contribution in [0.1, 0.15) is 5.69 Å². The second-order valence-electron chi connectivity index (χ2n) is 3.11. The van der Waals surface area contributed by atoms with Crippen molar-refractivity contribution in [3.8, 4) is 11.3 Å². The van der Waals surface area contributed by atoms with Crippen molar-refractivity contribution >= 4 is 18.3 Å². The van der Waals surface area contributed by atoms with Gasteiger partial charge in [0.05, 0.1) is 16.2 Å². The van der Waals surface area contributed by atoms with E-state index in [1.807, 2.05) is 0 Å². The van der Waals surface area contributed by atoms with Crippen molar-refractivity contribution in [2.45, 2.75) is 5.75 Å². The number of rotatable bonds is 3. The lowest BCUT2D eigenvalue weighted by Crippen LogP contribution is -1.90. The minimum Gasteiger partial charge on any atom is -0.356 e. The van der Waals surface area contributed by atoms with E-state index in [2.05, 4.69) is 17.8 Å². The van der Waals surface area contributed by atoms with Crippen LogP contribution < -0.4 is 0 Å². The number of para-hydroxylation sites is 1. The molecule has 2 rings (SSSR count). The maximum atomic E-state index is 10.8. The average Bonchev–Trinajstić information content (AvgIpc) is 2.77. The van der Waals surface area contributed by atoms with E-state index in [-0.39, 0.29) is 5.69 Å². The van der Waals surface area contributed by atoms with Crippen LogP contribution in [0.4, 0.5) is 5.69 Å². The molecule has 0 radical (unpaired) electrons. The third-order valence-electron chi connectivity index (χ3n) is 2.09. The number of hydrogen-bond donors (Lipinski definition) is 1. The molecular formula is C10H8N2O3S. The van der Waals surface area contributed by atoms with Gasteiger partial charge in [-0.25, -0.2) is 0 Å². The van der Waals surface area contributed by atoms with E-state index in [1.165, 1.54) is 6.07 Å². The Balaban J connectivity index is 2.50. The first-order valence-corrected chi connectivity index (χ1v) is 5.16. The van der Waals surface area contributed by atoms with Gasteiger partial charge in [0.15, 0.2) is 5.76 Å². The smallest absolute Gasteiger partial charge is 0.280 e. The number of aromatic nitrogens is 1. The van der Waals surface area contributed by atoms with Gasteiger partial charge in [-0.05, 0) is 6.07 Å². The lowest BCUT2D eigenvalue weighted by molar-refractivity contribution is -0.384. The first-order valence-electron chi connectivity index (χ1n) is 4.52. The SMILES string of the molecule is O=[N+]([O-])c1ccccc1-c1cc(CS)no1. The molecule has 0 aliphatic heterocycles. The van der Waals surface area contributed by atoms with Crippen molar-refractivity contribution in [3.05, 3.63) is 46.1 Å². The summed E-state index contributed by atoms with van der Waals surface area (Å²) >= 11 is 4.05. The van der Waals surface area contributed by atoms with Crippen molar-refractivity contribution < 1.29 is 9.45 Å². The lowest BCUT2D eigenvalue weighted by Gasteiger charge is -1.96. The fourth-order valence-electron chi connectivity index (χ4n) is 1.35. The summed E-state index contributed by atoms with van der Waals surface area (Å²) in [6.45, 7) is 0. The second-order valence-corrected chi connectivity index (χ2v) is 3.43. The van der Waals surface area contributed by atoms with Crippen molar-refractivity contribution in [2.24, 2.45) is 0 Å². The van der Waals surface area contributed by atoms with Crippen LogP contribution in [0, 0.1) is 10.1 Å². The molecular weight excluding hydrogens is 228 g/mol. The van der Waals surface area contributed by atoms with Gasteiger partial charge in [0.1, 0.15) is 0 Å². The molecule has 0 fully saturated rings. The Morgan fingerprint density at radius 1 is 1.44 bits per heavy atom. The van der Waals surface area contributed by atoms with Crippen LogP contribution in [0.5, 0.6) is 0 Å². The highest BCUT2D eigenvalue weighted by molar-refractivity contribution is 7.79. The summed E-state index contributed by atoms with van der Waals surface area (Å²) in [7, 11) is 0. The maximum absolute atomic E-state index is 10.8. The quantitative estimate of drug-likeness (QED) is 0.505. The summed E-state index contributed by atoms with van der Waals surface area (Å²) in [6.07, 6.45) is 0. The van der Waals surface area contributed by atoms with Gasteiger partial charge in [-0.15, -0.1) is 0 Å². The summed E-state index contributed by atoms with van der Waals surface area (Å²) in [4.78, 5) is 10.4. The van der Waals surface area contributed by atoms with E-state index in [9.17, 15) is 10.1 Å². The van der Waals surface area contributed by atoms with Gasteiger partial charge in [-0.2, -0.15) is 12.6 Å². The van der Waals surface area contributed by atoms with E-state index in [0.717, 1.165) is 0 Å². The molecule has 0 aliphatic carbocycles. The van der Waals surface area contributed by atoms with Crippen LogP contribution in [0.15, 0.2) is 34.9 Å². The number of nitro benzene ring substituents is 1. The van der Waals surface area contributed by atoms with Crippen LogP contribution in [0.2, 0.25) is 0 Å². The molecule has 6 heteroatoms. The van der Waals surface area contributed by atoms with Gasteiger partial charge in [0.2, 0.25) is 0 Å². The predicted octanol–water partition coefficient (Wildman–Crippen LogP) is 2.68. The molecule has 2 aromatic rings. The topological polar surface area (TPSA) is 69.2 Å². The van der Waals surface area contributed by atoms with Crippen molar-refractivity contribution in [3.63, 3.8) is 0 Å². The van der Waals surface area contributed by atoms with E-state index < -0.39 is 4.92 Å². The molecule has 1 heterocycles. The standard InChI is InChI=1S/C10H8N2O3S/c13-12(14)9-4-2-1-3-8(9)10-5-7(6-16)11-15-10/h1-5,16H,6H2. The van der Waals surface area contributed by atoms with E-state index in [4.69, 9.17) is 4.52 Å². The normalized spacial score (nSPS) is 10.3. The van der Waals surface area contributed by atoms with E-state index in [0.29, 0.717) is 22.8 Å². The van der Waals surface area contributed by atoms with Gasteiger partial charge in [-0.1, -0.05) is 17.3 Å². The third-order valence-corrected chi connectivity index (χ3v) is 2.41. The number of benzene rings is 1. The van der Waals surface area contributed by atoms with Gasteiger partial charge in [0.25, 0.3) is 5.69 Å². The van der Waals surface area contributed by atoms with Crippen LogP contribution in [0.25, 0.3) is 11.3 Å². The summed E-state index contributed by atoms with van der Waals surface area (Å²) in [6, 6.07) is 8.03. The molecule has 0 saturated carbocycles. The molecule has 0 amide bonds. The molecule has 0 spiro atoms. The van der Waals surface area contributed by atoms with E-state index in [1.54, 1.807) is 24.3 Å². The molecule has 1 aromatic carbocycles. The van der Waals surface area contributed by atoms with Gasteiger partial charge < -0.3 is 4.52 Å². The highest BCUT2D eigenvalue weighted by Crippen LogP contribution is 2.29. The average molecular weight is 236 g/mol. The molecule has 0 bridgehead atoms. The monoisotopic (exact) mass is 236 g/mol. The molecule has 16 heavy (non-hydrogen) atoms. The molecule has 0 atom stereocenters. The second kappa shape index (κ2) is 4.36. The Bertz CT molecular complexity index is 524. The number of thiol groups is 1.